The zero-order valence-electron chi connectivity index (χ0n) is 20.3. The number of halogens is 4. The smallest absolute Gasteiger partial charge is 0.411 e. The molecule has 6 nitrogen and oxygen atoms in total. The van der Waals surface area contributed by atoms with Crippen LogP contribution in [-0.2, 0) is 29.1 Å². The highest BCUT2D eigenvalue weighted by Crippen LogP contribution is 2.24. The Labute approximate surface area is 245 Å². The summed E-state index contributed by atoms with van der Waals surface area (Å²) in [6.07, 6.45) is -0.482. The quantitative estimate of drug-likeness (QED) is 0.210. The minimum Gasteiger partial charge on any atom is -0.444 e. The van der Waals surface area contributed by atoms with E-state index in [0.717, 1.165) is 22.3 Å². The fourth-order valence-electron chi connectivity index (χ4n) is 3.51. The molecule has 0 bridgehead atoms. The van der Waals surface area contributed by atoms with Crippen molar-refractivity contribution < 1.29 is 19.1 Å². The third-order valence-corrected chi connectivity index (χ3v) is 6.99. The molecule has 0 saturated heterocycles. The van der Waals surface area contributed by atoms with Gasteiger partial charge in [-0.15, -0.1) is 0 Å². The summed E-state index contributed by atoms with van der Waals surface area (Å²) in [6, 6.07) is 25.0. The Morgan fingerprint density at radius 1 is 0.513 bits per heavy atom. The summed E-state index contributed by atoms with van der Waals surface area (Å²) in [6.45, 7) is 0.140. The normalized spacial score (nSPS) is 10.6. The number of hydrogen-bond acceptors (Lipinski definition) is 4. The second-order valence-electron chi connectivity index (χ2n) is 8.47. The van der Waals surface area contributed by atoms with Gasteiger partial charge in [-0.25, -0.2) is 9.59 Å². The molecule has 4 rings (SSSR count). The molecule has 0 aromatic heterocycles. The number of carbonyl (C=O) groups is 2. The van der Waals surface area contributed by atoms with E-state index in [4.69, 9.17) is 55.9 Å². The molecule has 2 N–H and O–H groups in total. The van der Waals surface area contributed by atoms with Crippen molar-refractivity contribution in [3.63, 3.8) is 0 Å². The summed E-state index contributed by atoms with van der Waals surface area (Å²) in [5, 5.41) is 7.07. The third kappa shape index (κ3) is 8.80. The van der Waals surface area contributed by atoms with Gasteiger partial charge in [0, 0.05) is 11.4 Å². The summed E-state index contributed by atoms with van der Waals surface area (Å²) >= 11 is 23.8. The van der Waals surface area contributed by atoms with Crippen molar-refractivity contribution in [1.29, 1.82) is 0 Å². The van der Waals surface area contributed by atoms with Gasteiger partial charge in [0.2, 0.25) is 0 Å². The van der Waals surface area contributed by atoms with Gasteiger partial charge in [-0.05, 0) is 77.2 Å². The van der Waals surface area contributed by atoms with Gasteiger partial charge in [-0.2, -0.15) is 0 Å². The molecule has 0 aliphatic carbocycles. The molecular weight excluding hydrogens is 582 g/mol. The Morgan fingerprint density at radius 3 is 1.23 bits per heavy atom. The van der Waals surface area contributed by atoms with Crippen LogP contribution in [0, 0.1) is 0 Å². The van der Waals surface area contributed by atoms with Crippen molar-refractivity contribution >= 4 is 70.0 Å². The van der Waals surface area contributed by atoms with Crippen LogP contribution in [-0.4, -0.2) is 12.2 Å². The molecule has 4 aromatic rings. The first-order valence-corrected chi connectivity index (χ1v) is 13.2. The van der Waals surface area contributed by atoms with Crippen LogP contribution in [0.3, 0.4) is 0 Å². The fraction of sp³-hybridized carbons (Fsp3) is 0.103. The first-order chi connectivity index (χ1) is 18.7. The first kappa shape index (κ1) is 28.6. The Morgan fingerprint density at radius 2 is 0.872 bits per heavy atom. The van der Waals surface area contributed by atoms with E-state index in [2.05, 4.69) is 10.6 Å². The topological polar surface area (TPSA) is 76.7 Å². The van der Waals surface area contributed by atoms with Crippen LogP contribution in [0.1, 0.15) is 22.3 Å². The maximum Gasteiger partial charge on any atom is 0.411 e. The zero-order valence-corrected chi connectivity index (χ0v) is 23.4. The number of benzene rings is 4. The molecule has 0 spiro atoms. The fourth-order valence-corrected chi connectivity index (χ4v) is 4.15. The van der Waals surface area contributed by atoms with E-state index in [9.17, 15) is 9.59 Å². The van der Waals surface area contributed by atoms with Gasteiger partial charge in [-0.3, -0.25) is 10.6 Å². The molecule has 0 heterocycles. The highest BCUT2D eigenvalue weighted by molar-refractivity contribution is 6.42. The van der Waals surface area contributed by atoms with Crippen LogP contribution in [0.4, 0.5) is 21.0 Å². The van der Waals surface area contributed by atoms with Gasteiger partial charge >= 0.3 is 12.2 Å². The molecule has 200 valence electrons. The van der Waals surface area contributed by atoms with E-state index < -0.39 is 12.2 Å². The molecule has 39 heavy (non-hydrogen) atoms. The first-order valence-electron chi connectivity index (χ1n) is 11.7. The molecule has 2 amide bonds. The highest BCUT2D eigenvalue weighted by atomic mass is 35.5. The van der Waals surface area contributed by atoms with Crippen molar-refractivity contribution in [2.45, 2.75) is 19.6 Å². The largest absolute Gasteiger partial charge is 0.444 e. The second-order valence-corrected chi connectivity index (χ2v) is 10.1. The summed E-state index contributed by atoms with van der Waals surface area (Å²) in [7, 11) is 0. The number of rotatable bonds is 8. The van der Waals surface area contributed by atoms with Crippen LogP contribution in [0.15, 0.2) is 84.9 Å². The molecular formula is C29H22Cl4N2O4. The average Bonchev–Trinajstić information content (AvgIpc) is 2.92. The van der Waals surface area contributed by atoms with E-state index in [1.54, 1.807) is 60.7 Å². The van der Waals surface area contributed by atoms with Gasteiger partial charge in [0.1, 0.15) is 13.2 Å². The van der Waals surface area contributed by atoms with Crippen LogP contribution in [0.25, 0.3) is 0 Å². The van der Waals surface area contributed by atoms with Crippen LogP contribution >= 0.6 is 46.4 Å². The number of ether oxygens (including phenoxy) is 2. The number of hydrogen-bond donors (Lipinski definition) is 2. The van der Waals surface area contributed by atoms with Crippen LogP contribution in [0.5, 0.6) is 0 Å². The standard InChI is InChI=1S/C29H22Cl4N2O4/c30-24-11-5-20(14-26(24)32)16-38-28(36)34-22-7-1-18(2-8-22)13-19-3-9-23(10-4-19)35-29(37)39-17-21-6-12-25(31)27(33)15-21/h1-12,14-15H,13,16-17H2,(H,34,36)(H,35,37). The van der Waals surface area contributed by atoms with Crippen molar-refractivity contribution in [2.24, 2.45) is 0 Å². The molecule has 0 radical (unpaired) electrons. The SMILES string of the molecule is O=C(Nc1ccc(Cc2ccc(NC(=O)OCc3ccc(Cl)c(Cl)c3)cc2)cc1)OCc1ccc(Cl)c(Cl)c1. The van der Waals surface area contributed by atoms with Crippen LogP contribution in [0.2, 0.25) is 20.1 Å². The maximum atomic E-state index is 12.1. The molecule has 0 saturated carbocycles. The van der Waals surface area contributed by atoms with Gasteiger partial charge in [-0.1, -0.05) is 82.8 Å². The van der Waals surface area contributed by atoms with E-state index in [1.807, 2.05) is 24.3 Å². The summed E-state index contributed by atoms with van der Waals surface area (Å²) in [4.78, 5) is 24.2. The average molecular weight is 604 g/mol. The number of nitrogens with one attached hydrogen (secondary N) is 2. The summed E-state index contributed by atoms with van der Waals surface area (Å²) in [5.74, 6) is 0. The zero-order chi connectivity index (χ0) is 27.8. The Hall–Kier alpha value is -3.42. The number of anilines is 2. The predicted molar refractivity (Wildman–Crippen MR) is 156 cm³/mol. The molecule has 10 heteroatoms. The molecule has 0 aliphatic heterocycles. The molecule has 0 unspecified atom stereocenters. The van der Waals surface area contributed by atoms with Gasteiger partial charge < -0.3 is 9.47 Å². The molecule has 0 fully saturated rings. The Balaban J connectivity index is 1.21. The lowest BCUT2D eigenvalue weighted by molar-refractivity contribution is 0.154. The predicted octanol–water partition coefficient (Wildman–Crippen LogP) is 9.39. The monoisotopic (exact) mass is 602 g/mol. The van der Waals surface area contributed by atoms with E-state index >= 15 is 0 Å². The van der Waals surface area contributed by atoms with E-state index in [0.29, 0.717) is 37.9 Å². The maximum absolute atomic E-state index is 12.1. The van der Waals surface area contributed by atoms with E-state index in [-0.39, 0.29) is 13.2 Å². The molecule has 0 aliphatic rings. The second kappa shape index (κ2) is 13.6. The number of amides is 2. The lowest BCUT2D eigenvalue weighted by atomic mass is 10.0. The highest BCUT2D eigenvalue weighted by Gasteiger charge is 2.08. The van der Waals surface area contributed by atoms with Crippen molar-refractivity contribution in [1.82, 2.24) is 0 Å². The Kier molecular flexibility index (Phi) is 9.96. The lowest BCUT2D eigenvalue weighted by Crippen LogP contribution is -2.13. The van der Waals surface area contributed by atoms with Gasteiger partial charge in [0.05, 0.1) is 20.1 Å². The Bertz CT molecular complexity index is 1350. The minimum absolute atomic E-state index is 0.0700. The van der Waals surface area contributed by atoms with Crippen molar-refractivity contribution in [3.8, 4) is 0 Å². The van der Waals surface area contributed by atoms with Crippen molar-refractivity contribution in [2.75, 3.05) is 10.6 Å². The number of carbonyl (C=O) groups excluding carboxylic acids is 2. The minimum atomic E-state index is -0.576. The van der Waals surface area contributed by atoms with Gasteiger partial charge in [0.15, 0.2) is 0 Å². The van der Waals surface area contributed by atoms with Crippen molar-refractivity contribution in [3.05, 3.63) is 127 Å². The van der Waals surface area contributed by atoms with E-state index in [1.165, 1.54) is 0 Å². The lowest BCUT2D eigenvalue weighted by Gasteiger charge is -2.10. The summed E-state index contributed by atoms with van der Waals surface area (Å²) in [5.41, 5.74) is 4.78. The molecule has 4 aromatic carbocycles. The third-order valence-electron chi connectivity index (χ3n) is 5.52. The van der Waals surface area contributed by atoms with Gasteiger partial charge in [0.25, 0.3) is 0 Å². The summed E-state index contributed by atoms with van der Waals surface area (Å²) < 4.78 is 10.5. The molecule has 0 atom stereocenters. The van der Waals surface area contributed by atoms with Crippen LogP contribution < -0.4 is 10.6 Å².